The Balaban J connectivity index is 1.55. The normalized spacial score (nSPS) is 10.6. The number of hydrogen-bond acceptors (Lipinski definition) is 2. The number of anilines is 1. The fourth-order valence-electron chi connectivity index (χ4n) is 3.02. The molecule has 0 bridgehead atoms. The highest BCUT2D eigenvalue weighted by Crippen LogP contribution is 2.26. The van der Waals surface area contributed by atoms with Crippen LogP contribution in [0.25, 0.3) is 16.9 Å². The minimum atomic E-state index is 0.491. The van der Waals surface area contributed by atoms with Crippen molar-refractivity contribution in [1.29, 1.82) is 0 Å². The molecule has 0 unspecified atom stereocenters. The van der Waals surface area contributed by atoms with Crippen LogP contribution in [-0.4, -0.2) is 14.9 Å². The van der Waals surface area contributed by atoms with E-state index in [2.05, 4.69) is 38.7 Å². The Bertz CT molecular complexity index is 1160. The van der Waals surface area contributed by atoms with E-state index in [0.717, 1.165) is 32.7 Å². The largest absolute Gasteiger partial charge is 0.358 e. The van der Waals surface area contributed by atoms with Crippen LogP contribution in [0.1, 0.15) is 5.56 Å². The van der Waals surface area contributed by atoms with E-state index in [-0.39, 0.29) is 0 Å². The molecular weight excluding hydrogens is 480 g/mol. The van der Waals surface area contributed by atoms with Gasteiger partial charge in [-0.3, -0.25) is 0 Å². The predicted molar refractivity (Wildman–Crippen MR) is 131 cm³/mol. The van der Waals surface area contributed by atoms with E-state index in [1.54, 1.807) is 0 Å². The summed E-state index contributed by atoms with van der Waals surface area (Å²) in [6.07, 6.45) is 2.03. The van der Waals surface area contributed by atoms with Gasteiger partial charge in [-0.25, -0.2) is 4.68 Å². The lowest BCUT2D eigenvalue weighted by atomic mass is 10.1. The first-order chi connectivity index (χ1) is 14.6. The maximum absolute atomic E-state index is 6.27. The Morgan fingerprint density at radius 3 is 2.40 bits per heavy atom. The third kappa shape index (κ3) is 4.90. The first-order valence-electron chi connectivity index (χ1n) is 9.29. The third-order valence-electron chi connectivity index (χ3n) is 4.48. The van der Waals surface area contributed by atoms with Gasteiger partial charge in [-0.15, -0.1) is 0 Å². The van der Waals surface area contributed by atoms with Crippen LogP contribution in [0.5, 0.6) is 0 Å². The quantitative estimate of drug-likeness (QED) is 0.311. The highest BCUT2D eigenvalue weighted by atomic mass is 79.9. The lowest BCUT2D eigenvalue weighted by Gasteiger charge is -2.12. The molecule has 0 aliphatic carbocycles. The van der Waals surface area contributed by atoms with Gasteiger partial charge in [0.2, 0.25) is 0 Å². The van der Waals surface area contributed by atoms with Gasteiger partial charge in [0, 0.05) is 28.3 Å². The Hall–Kier alpha value is -2.67. The van der Waals surface area contributed by atoms with Crippen molar-refractivity contribution in [3.8, 4) is 16.9 Å². The minimum Gasteiger partial charge on any atom is -0.358 e. The fourth-order valence-corrected chi connectivity index (χ4v) is 3.93. The van der Waals surface area contributed by atoms with Crippen molar-refractivity contribution >= 4 is 50.5 Å². The number of para-hydroxylation sites is 1. The molecule has 0 saturated heterocycles. The number of benzene rings is 3. The van der Waals surface area contributed by atoms with Gasteiger partial charge >= 0.3 is 0 Å². The van der Waals surface area contributed by atoms with Gasteiger partial charge in [-0.2, -0.15) is 5.10 Å². The van der Waals surface area contributed by atoms with Gasteiger partial charge in [0.15, 0.2) is 5.11 Å². The summed E-state index contributed by atoms with van der Waals surface area (Å²) in [5.74, 6) is 0. The zero-order chi connectivity index (χ0) is 20.9. The van der Waals surface area contributed by atoms with E-state index in [4.69, 9.17) is 28.9 Å². The summed E-state index contributed by atoms with van der Waals surface area (Å²) in [4.78, 5) is 0. The van der Waals surface area contributed by atoms with Crippen molar-refractivity contribution in [3.05, 3.63) is 100 Å². The van der Waals surface area contributed by atoms with Crippen LogP contribution in [0.3, 0.4) is 0 Å². The predicted octanol–water partition coefficient (Wildman–Crippen LogP) is 6.44. The first kappa shape index (κ1) is 20.6. The SMILES string of the molecule is S=C(NCc1cn(-c2ccccc2)nc1-c1ccccc1)Nc1ccc(Br)cc1Cl. The molecule has 2 N–H and O–H groups in total. The average Bonchev–Trinajstić information content (AvgIpc) is 3.20. The Labute approximate surface area is 194 Å². The van der Waals surface area contributed by atoms with Gasteiger partial charge in [0.05, 0.1) is 22.1 Å². The monoisotopic (exact) mass is 496 g/mol. The molecule has 1 heterocycles. The summed E-state index contributed by atoms with van der Waals surface area (Å²) in [6, 6.07) is 25.8. The third-order valence-corrected chi connectivity index (χ3v) is 5.53. The Morgan fingerprint density at radius 1 is 1.00 bits per heavy atom. The summed E-state index contributed by atoms with van der Waals surface area (Å²) in [6.45, 7) is 0.525. The lowest BCUT2D eigenvalue weighted by molar-refractivity contribution is 0.879. The van der Waals surface area contributed by atoms with Crippen LogP contribution >= 0.6 is 39.7 Å². The second kappa shape index (κ2) is 9.43. The molecule has 3 aromatic carbocycles. The van der Waals surface area contributed by atoms with Crippen LogP contribution < -0.4 is 10.6 Å². The Morgan fingerprint density at radius 2 is 1.70 bits per heavy atom. The molecule has 0 saturated carbocycles. The summed E-state index contributed by atoms with van der Waals surface area (Å²) >= 11 is 15.1. The molecular formula is C23H18BrClN4S. The number of aromatic nitrogens is 2. The molecule has 0 fully saturated rings. The van der Waals surface area contributed by atoms with Gasteiger partial charge in [-0.05, 0) is 42.5 Å². The van der Waals surface area contributed by atoms with Crippen LogP contribution in [0, 0.1) is 0 Å². The van der Waals surface area contributed by atoms with Crippen molar-refractivity contribution in [2.24, 2.45) is 0 Å². The van der Waals surface area contributed by atoms with Gasteiger partial charge in [0.25, 0.3) is 0 Å². The van der Waals surface area contributed by atoms with E-state index in [9.17, 15) is 0 Å². The van der Waals surface area contributed by atoms with Crippen LogP contribution in [0.15, 0.2) is 89.5 Å². The smallest absolute Gasteiger partial charge is 0.171 e. The highest BCUT2D eigenvalue weighted by molar-refractivity contribution is 9.10. The molecule has 0 atom stereocenters. The number of thiocarbonyl (C=S) groups is 1. The van der Waals surface area contributed by atoms with E-state index in [1.165, 1.54) is 0 Å². The zero-order valence-electron chi connectivity index (χ0n) is 15.8. The molecule has 0 amide bonds. The number of rotatable bonds is 5. The van der Waals surface area contributed by atoms with E-state index < -0.39 is 0 Å². The molecule has 1 aromatic heterocycles. The van der Waals surface area contributed by atoms with E-state index >= 15 is 0 Å². The van der Waals surface area contributed by atoms with Gasteiger partial charge in [0.1, 0.15) is 0 Å². The van der Waals surface area contributed by atoms with Crippen molar-refractivity contribution in [3.63, 3.8) is 0 Å². The summed E-state index contributed by atoms with van der Waals surface area (Å²) < 4.78 is 2.80. The minimum absolute atomic E-state index is 0.491. The summed E-state index contributed by atoms with van der Waals surface area (Å²) in [7, 11) is 0. The van der Waals surface area contributed by atoms with Crippen LogP contribution in [-0.2, 0) is 6.54 Å². The highest BCUT2D eigenvalue weighted by Gasteiger charge is 2.13. The first-order valence-corrected chi connectivity index (χ1v) is 10.9. The second-order valence-corrected chi connectivity index (χ2v) is 8.31. The fraction of sp³-hybridized carbons (Fsp3) is 0.0435. The number of hydrogen-bond donors (Lipinski definition) is 2. The molecule has 0 aliphatic rings. The van der Waals surface area contributed by atoms with Crippen molar-refractivity contribution in [2.45, 2.75) is 6.54 Å². The maximum atomic E-state index is 6.27. The molecule has 30 heavy (non-hydrogen) atoms. The van der Waals surface area contributed by atoms with Crippen molar-refractivity contribution in [1.82, 2.24) is 15.1 Å². The van der Waals surface area contributed by atoms with Gasteiger partial charge in [-0.1, -0.05) is 76.1 Å². The molecule has 4 rings (SSSR count). The second-order valence-electron chi connectivity index (χ2n) is 6.58. The van der Waals surface area contributed by atoms with E-state index in [0.29, 0.717) is 16.7 Å². The molecule has 0 spiro atoms. The topological polar surface area (TPSA) is 41.9 Å². The molecule has 7 heteroatoms. The van der Waals surface area contributed by atoms with Crippen LogP contribution in [0.4, 0.5) is 5.69 Å². The number of nitrogens with one attached hydrogen (secondary N) is 2. The van der Waals surface area contributed by atoms with Crippen LogP contribution in [0.2, 0.25) is 5.02 Å². The average molecular weight is 498 g/mol. The lowest BCUT2D eigenvalue weighted by Crippen LogP contribution is -2.28. The standard InChI is InChI=1S/C23H18BrClN4S/c24-18-11-12-21(20(25)13-18)27-23(30)26-14-17-15-29(19-9-5-2-6-10-19)28-22(17)16-7-3-1-4-8-16/h1-13,15H,14H2,(H2,26,27,30). The zero-order valence-corrected chi connectivity index (χ0v) is 19.0. The molecule has 150 valence electrons. The van der Waals surface area contributed by atoms with Crippen molar-refractivity contribution in [2.75, 3.05) is 5.32 Å². The number of halogens is 2. The van der Waals surface area contributed by atoms with E-state index in [1.807, 2.05) is 77.6 Å². The maximum Gasteiger partial charge on any atom is 0.171 e. The molecule has 4 aromatic rings. The summed E-state index contributed by atoms with van der Waals surface area (Å²) in [5, 5.41) is 12.3. The Kier molecular flexibility index (Phi) is 6.47. The molecule has 0 radical (unpaired) electrons. The van der Waals surface area contributed by atoms with Crippen molar-refractivity contribution < 1.29 is 0 Å². The molecule has 4 nitrogen and oxygen atoms in total. The summed E-state index contributed by atoms with van der Waals surface area (Å²) in [5.41, 5.74) is 4.76. The van der Waals surface area contributed by atoms with Gasteiger partial charge < -0.3 is 10.6 Å². The number of nitrogens with zero attached hydrogens (tertiary/aromatic N) is 2. The molecule has 0 aliphatic heterocycles.